The normalized spacial score (nSPS) is 12.4. The lowest BCUT2D eigenvalue weighted by Crippen LogP contribution is -2.11. The summed E-state index contributed by atoms with van der Waals surface area (Å²) in [5.41, 5.74) is 2.29. The van der Waals surface area contributed by atoms with Crippen molar-refractivity contribution in [2.75, 3.05) is 7.05 Å². The van der Waals surface area contributed by atoms with Gasteiger partial charge in [0.25, 0.3) is 0 Å². The molecule has 0 saturated heterocycles. The number of nitrogens with one attached hydrogen (secondary N) is 1. The molecule has 2 aromatic carbocycles. The number of thioether (sulfide) groups is 1. The van der Waals surface area contributed by atoms with E-state index in [1.165, 1.54) is 16.5 Å². The van der Waals surface area contributed by atoms with Gasteiger partial charge in [-0.2, -0.15) is 0 Å². The maximum atomic E-state index is 13.1. The zero-order valence-corrected chi connectivity index (χ0v) is 12.0. The van der Waals surface area contributed by atoms with Gasteiger partial charge >= 0.3 is 0 Å². The second-order valence-corrected chi connectivity index (χ2v) is 5.55. The molecule has 2 rings (SSSR count). The summed E-state index contributed by atoms with van der Waals surface area (Å²) in [6, 6.07) is 15.6. The Labute approximate surface area is 118 Å². The van der Waals surface area contributed by atoms with Crippen molar-refractivity contribution in [3.63, 3.8) is 0 Å². The van der Waals surface area contributed by atoms with E-state index in [-0.39, 0.29) is 5.82 Å². The zero-order valence-electron chi connectivity index (χ0n) is 11.2. The molecule has 100 valence electrons. The van der Waals surface area contributed by atoms with E-state index in [1.54, 1.807) is 23.9 Å². The molecule has 0 heterocycles. The third-order valence-corrected chi connectivity index (χ3v) is 4.19. The fourth-order valence-corrected chi connectivity index (χ4v) is 2.65. The van der Waals surface area contributed by atoms with E-state index in [4.69, 9.17) is 0 Å². The Bertz CT molecular complexity index is 525. The van der Waals surface area contributed by atoms with Gasteiger partial charge in [0.1, 0.15) is 5.82 Å². The van der Waals surface area contributed by atoms with Crippen molar-refractivity contribution in [3.05, 3.63) is 65.5 Å². The topological polar surface area (TPSA) is 12.0 Å². The van der Waals surface area contributed by atoms with Crippen LogP contribution in [0.2, 0.25) is 0 Å². The first-order valence-corrected chi connectivity index (χ1v) is 7.32. The van der Waals surface area contributed by atoms with Gasteiger partial charge in [0.15, 0.2) is 0 Å². The number of halogens is 1. The monoisotopic (exact) mass is 275 g/mol. The summed E-state index contributed by atoms with van der Waals surface area (Å²) in [5.74, 6) is 0.620. The smallest absolute Gasteiger partial charge is 0.123 e. The third-order valence-electron chi connectivity index (χ3n) is 3.11. The molecular weight excluding hydrogens is 257 g/mol. The maximum Gasteiger partial charge on any atom is 0.123 e. The molecule has 2 aromatic rings. The molecule has 1 nitrogen and oxygen atoms in total. The van der Waals surface area contributed by atoms with Gasteiger partial charge in [0.05, 0.1) is 0 Å². The fraction of sp³-hybridized carbons (Fsp3) is 0.250. The van der Waals surface area contributed by atoms with E-state index in [1.807, 2.05) is 13.1 Å². The molecule has 0 aliphatic rings. The SMILES string of the molecule is CNC(C)c1ccc(SCc2cccc(F)c2)cc1. The minimum Gasteiger partial charge on any atom is -0.313 e. The van der Waals surface area contributed by atoms with Crippen molar-refractivity contribution in [2.24, 2.45) is 0 Å². The van der Waals surface area contributed by atoms with Crippen LogP contribution < -0.4 is 5.32 Å². The van der Waals surface area contributed by atoms with Crippen LogP contribution >= 0.6 is 11.8 Å². The first kappa shape index (κ1) is 14.1. The van der Waals surface area contributed by atoms with Crippen molar-refractivity contribution in [1.82, 2.24) is 5.32 Å². The summed E-state index contributed by atoms with van der Waals surface area (Å²) < 4.78 is 13.1. The predicted octanol–water partition coefficient (Wildman–Crippen LogP) is 4.40. The largest absolute Gasteiger partial charge is 0.313 e. The van der Waals surface area contributed by atoms with Crippen LogP contribution in [-0.4, -0.2) is 7.05 Å². The van der Waals surface area contributed by atoms with Crippen LogP contribution in [0.1, 0.15) is 24.1 Å². The van der Waals surface area contributed by atoms with Crippen molar-refractivity contribution < 1.29 is 4.39 Å². The predicted molar refractivity (Wildman–Crippen MR) is 79.9 cm³/mol. The molecular formula is C16H18FNS. The Morgan fingerprint density at radius 3 is 2.53 bits per heavy atom. The van der Waals surface area contributed by atoms with E-state index < -0.39 is 0 Å². The van der Waals surface area contributed by atoms with Gasteiger partial charge in [-0.15, -0.1) is 11.8 Å². The number of hydrogen-bond acceptors (Lipinski definition) is 2. The molecule has 0 aliphatic carbocycles. The van der Waals surface area contributed by atoms with Gasteiger partial charge in [-0.25, -0.2) is 4.39 Å². The fourth-order valence-electron chi connectivity index (χ4n) is 1.81. The molecule has 0 spiro atoms. The minimum atomic E-state index is -0.170. The summed E-state index contributed by atoms with van der Waals surface area (Å²) in [5, 5.41) is 3.22. The van der Waals surface area contributed by atoms with Crippen LogP contribution in [0.3, 0.4) is 0 Å². The highest BCUT2D eigenvalue weighted by atomic mass is 32.2. The Kier molecular flexibility index (Phi) is 5.00. The van der Waals surface area contributed by atoms with Crippen molar-refractivity contribution in [2.45, 2.75) is 23.6 Å². The van der Waals surface area contributed by atoms with E-state index in [0.29, 0.717) is 6.04 Å². The molecule has 0 amide bonds. The van der Waals surface area contributed by atoms with E-state index >= 15 is 0 Å². The van der Waals surface area contributed by atoms with Crippen LogP contribution in [0.15, 0.2) is 53.4 Å². The van der Waals surface area contributed by atoms with E-state index in [2.05, 4.69) is 36.5 Å². The average Bonchev–Trinajstić information content (AvgIpc) is 2.45. The molecule has 0 radical (unpaired) electrons. The van der Waals surface area contributed by atoms with E-state index in [0.717, 1.165) is 11.3 Å². The molecule has 0 aromatic heterocycles. The van der Waals surface area contributed by atoms with Crippen LogP contribution in [0, 0.1) is 5.82 Å². The number of hydrogen-bond donors (Lipinski definition) is 1. The second kappa shape index (κ2) is 6.73. The quantitative estimate of drug-likeness (QED) is 0.812. The van der Waals surface area contributed by atoms with Gasteiger partial charge in [-0.1, -0.05) is 24.3 Å². The molecule has 19 heavy (non-hydrogen) atoms. The summed E-state index contributed by atoms with van der Waals surface area (Å²) in [6.07, 6.45) is 0. The summed E-state index contributed by atoms with van der Waals surface area (Å²) in [7, 11) is 1.96. The Hall–Kier alpha value is -1.32. The minimum absolute atomic E-state index is 0.170. The Balaban J connectivity index is 1.96. The first-order chi connectivity index (χ1) is 9.19. The standard InChI is InChI=1S/C16H18FNS/c1-12(18-2)14-6-8-16(9-7-14)19-11-13-4-3-5-15(17)10-13/h3-10,12,18H,11H2,1-2H3. The molecule has 1 N–H and O–H groups in total. The first-order valence-electron chi connectivity index (χ1n) is 6.33. The highest BCUT2D eigenvalue weighted by Crippen LogP contribution is 2.24. The molecule has 0 bridgehead atoms. The average molecular weight is 275 g/mol. The lowest BCUT2D eigenvalue weighted by molar-refractivity contribution is 0.626. The number of rotatable bonds is 5. The van der Waals surface area contributed by atoms with Gasteiger partial charge < -0.3 is 5.32 Å². The maximum absolute atomic E-state index is 13.1. The molecule has 1 unspecified atom stereocenters. The Morgan fingerprint density at radius 1 is 1.16 bits per heavy atom. The van der Waals surface area contributed by atoms with Crippen molar-refractivity contribution in [1.29, 1.82) is 0 Å². The summed E-state index contributed by atoms with van der Waals surface area (Å²) >= 11 is 1.72. The molecule has 1 atom stereocenters. The highest BCUT2D eigenvalue weighted by Gasteiger charge is 2.02. The summed E-state index contributed by atoms with van der Waals surface area (Å²) in [4.78, 5) is 1.20. The number of benzene rings is 2. The van der Waals surface area contributed by atoms with Crippen LogP contribution in [-0.2, 0) is 5.75 Å². The molecule has 3 heteroatoms. The lowest BCUT2D eigenvalue weighted by Gasteiger charge is -2.11. The van der Waals surface area contributed by atoms with Gasteiger partial charge in [-0.05, 0) is 49.4 Å². The lowest BCUT2D eigenvalue weighted by atomic mass is 10.1. The summed E-state index contributed by atoms with van der Waals surface area (Å²) in [6.45, 7) is 2.13. The Morgan fingerprint density at radius 2 is 1.89 bits per heavy atom. The van der Waals surface area contributed by atoms with E-state index in [9.17, 15) is 4.39 Å². The molecule has 0 saturated carbocycles. The van der Waals surface area contributed by atoms with Gasteiger partial charge in [0, 0.05) is 16.7 Å². The third kappa shape index (κ3) is 4.08. The van der Waals surface area contributed by atoms with Gasteiger partial charge in [0.2, 0.25) is 0 Å². The van der Waals surface area contributed by atoms with Crippen LogP contribution in [0.25, 0.3) is 0 Å². The van der Waals surface area contributed by atoms with Crippen molar-refractivity contribution >= 4 is 11.8 Å². The highest BCUT2D eigenvalue weighted by molar-refractivity contribution is 7.98. The zero-order chi connectivity index (χ0) is 13.7. The molecule has 0 fully saturated rings. The molecule has 0 aliphatic heterocycles. The van der Waals surface area contributed by atoms with Crippen molar-refractivity contribution in [3.8, 4) is 0 Å². The van der Waals surface area contributed by atoms with Crippen LogP contribution in [0.5, 0.6) is 0 Å². The van der Waals surface area contributed by atoms with Gasteiger partial charge in [-0.3, -0.25) is 0 Å². The second-order valence-electron chi connectivity index (χ2n) is 4.50. The van der Waals surface area contributed by atoms with Crippen LogP contribution in [0.4, 0.5) is 4.39 Å².